The number of ether oxygens (including phenoxy) is 1. The Hall–Kier alpha value is -1.59. The van der Waals surface area contributed by atoms with E-state index in [0.29, 0.717) is 18.1 Å². The molecule has 100 valence electrons. The molecule has 1 N–H and O–H groups in total. The van der Waals surface area contributed by atoms with Crippen LogP contribution in [0.1, 0.15) is 9.75 Å². The summed E-state index contributed by atoms with van der Waals surface area (Å²) in [5.74, 6) is -0.220. The molecule has 0 saturated heterocycles. The Balaban J connectivity index is 1.91. The SMILES string of the molecule is COC(=O)Cc1ccc(CNc2ccnc(Cl)c2)s1. The molecule has 0 unspecified atom stereocenters. The Labute approximate surface area is 120 Å². The molecule has 0 saturated carbocycles. The fourth-order valence-electron chi connectivity index (χ4n) is 1.53. The molecule has 0 atom stereocenters. The first-order valence-electron chi connectivity index (χ1n) is 5.67. The molecule has 0 aliphatic heterocycles. The van der Waals surface area contributed by atoms with Crippen LogP contribution in [0.15, 0.2) is 30.5 Å². The Bertz CT molecular complexity index is 571. The summed E-state index contributed by atoms with van der Waals surface area (Å²) in [6.45, 7) is 0.687. The number of pyridine rings is 1. The van der Waals surface area contributed by atoms with E-state index in [9.17, 15) is 4.79 Å². The van der Waals surface area contributed by atoms with Gasteiger partial charge in [0.1, 0.15) is 5.15 Å². The number of thiophene rings is 1. The number of carbonyl (C=O) groups excluding carboxylic acids is 1. The number of nitrogens with one attached hydrogen (secondary N) is 1. The number of methoxy groups -OCH3 is 1. The summed E-state index contributed by atoms with van der Waals surface area (Å²) < 4.78 is 4.64. The molecule has 0 aliphatic carbocycles. The van der Waals surface area contributed by atoms with Crippen LogP contribution in [0.25, 0.3) is 0 Å². The molecule has 0 amide bonds. The van der Waals surface area contributed by atoms with E-state index in [1.807, 2.05) is 18.2 Å². The second-order valence-corrected chi connectivity index (χ2v) is 5.48. The smallest absolute Gasteiger partial charge is 0.310 e. The molecule has 0 bridgehead atoms. The maximum absolute atomic E-state index is 11.2. The zero-order valence-electron chi connectivity index (χ0n) is 10.4. The zero-order valence-corrected chi connectivity index (χ0v) is 11.9. The first kappa shape index (κ1) is 13.8. The summed E-state index contributed by atoms with van der Waals surface area (Å²) in [7, 11) is 1.39. The lowest BCUT2D eigenvalue weighted by Gasteiger charge is -2.04. The van der Waals surface area contributed by atoms with Crippen LogP contribution in [0.5, 0.6) is 0 Å². The van der Waals surface area contributed by atoms with Crippen LogP contribution < -0.4 is 5.32 Å². The van der Waals surface area contributed by atoms with E-state index in [4.69, 9.17) is 11.6 Å². The average Bonchev–Trinajstić information content (AvgIpc) is 2.84. The van der Waals surface area contributed by atoms with Crippen LogP contribution >= 0.6 is 22.9 Å². The fourth-order valence-corrected chi connectivity index (χ4v) is 2.65. The second kappa shape index (κ2) is 6.54. The number of carbonyl (C=O) groups is 1. The van der Waals surface area contributed by atoms with Gasteiger partial charge >= 0.3 is 5.97 Å². The Morgan fingerprint density at radius 2 is 2.21 bits per heavy atom. The van der Waals surface area contributed by atoms with Gasteiger partial charge in [0.15, 0.2) is 0 Å². The molecule has 2 heterocycles. The number of nitrogens with zero attached hydrogens (tertiary/aromatic N) is 1. The summed E-state index contributed by atoms with van der Waals surface area (Å²) in [5, 5.41) is 3.71. The predicted octanol–water partition coefficient (Wildman–Crippen LogP) is 3.12. The maximum atomic E-state index is 11.2. The number of esters is 1. The Morgan fingerprint density at radius 3 is 2.95 bits per heavy atom. The van der Waals surface area contributed by atoms with Crippen molar-refractivity contribution >= 4 is 34.6 Å². The van der Waals surface area contributed by atoms with Gasteiger partial charge in [-0.3, -0.25) is 4.79 Å². The van der Waals surface area contributed by atoms with Gasteiger partial charge in [0.25, 0.3) is 0 Å². The van der Waals surface area contributed by atoms with Crippen molar-refractivity contribution in [1.82, 2.24) is 4.98 Å². The molecule has 2 rings (SSSR count). The average molecular weight is 297 g/mol. The van der Waals surface area contributed by atoms with E-state index in [0.717, 1.165) is 15.4 Å². The highest BCUT2D eigenvalue weighted by molar-refractivity contribution is 7.12. The summed E-state index contributed by atoms with van der Waals surface area (Å²) >= 11 is 7.39. The Kier molecular flexibility index (Phi) is 4.76. The molecule has 19 heavy (non-hydrogen) atoms. The van der Waals surface area contributed by atoms with Gasteiger partial charge in [0.2, 0.25) is 0 Å². The third-order valence-corrected chi connectivity index (χ3v) is 3.75. The van der Waals surface area contributed by atoms with Crippen molar-refractivity contribution in [3.8, 4) is 0 Å². The minimum atomic E-state index is -0.220. The lowest BCUT2D eigenvalue weighted by molar-refractivity contribution is -0.139. The molecule has 2 aromatic heterocycles. The van der Waals surface area contributed by atoms with Crippen molar-refractivity contribution in [3.05, 3.63) is 45.4 Å². The number of aromatic nitrogens is 1. The van der Waals surface area contributed by atoms with E-state index in [-0.39, 0.29) is 5.97 Å². The molecule has 0 radical (unpaired) electrons. The third kappa shape index (κ3) is 4.22. The minimum absolute atomic E-state index is 0.220. The summed E-state index contributed by atoms with van der Waals surface area (Å²) in [6.07, 6.45) is 1.98. The van der Waals surface area contributed by atoms with Crippen LogP contribution in [0, 0.1) is 0 Å². The molecule has 0 aliphatic rings. The van der Waals surface area contributed by atoms with Gasteiger partial charge in [-0.05, 0) is 24.3 Å². The normalized spacial score (nSPS) is 10.2. The molecule has 0 fully saturated rings. The van der Waals surface area contributed by atoms with Gasteiger partial charge in [-0.25, -0.2) is 4.98 Å². The van der Waals surface area contributed by atoms with Gasteiger partial charge in [-0.2, -0.15) is 0 Å². The fraction of sp³-hybridized carbons (Fsp3) is 0.231. The van der Waals surface area contributed by atoms with Gasteiger partial charge in [-0.1, -0.05) is 11.6 Å². The van der Waals surface area contributed by atoms with E-state index in [1.165, 1.54) is 7.11 Å². The topological polar surface area (TPSA) is 51.2 Å². The minimum Gasteiger partial charge on any atom is -0.469 e. The van der Waals surface area contributed by atoms with Crippen molar-refractivity contribution in [3.63, 3.8) is 0 Å². The maximum Gasteiger partial charge on any atom is 0.310 e. The van der Waals surface area contributed by atoms with Gasteiger partial charge in [0.05, 0.1) is 13.5 Å². The summed E-state index contributed by atoms with van der Waals surface area (Å²) in [5.41, 5.74) is 0.919. The lowest BCUT2D eigenvalue weighted by Crippen LogP contribution is -2.02. The van der Waals surface area contributed by atoms with Crippen LogP contribution in [0.3, 0.4) is 0 Å². The van der Waals surface area contributed by atoms with Crippen molar-refractivity contribution < 1.29 is 9.53 Å². The van der Waals surface area contributed by atoms with E-state index in [1.54, 1.807) is 23.6 Å². The molecular formula is C13H13ClN2O2S. The Morgan fingerprint density at radius 1 is 1.42 bits per heavy atom. The molecule has 0 aromatic carbocycles. The van der Waals surface area contributed by atoms with Gasteiger partial charge < -0.3 is 10.1 Å². The summed E-state index contributed by atoms with van der Waals surface area (Å²) in [4.78, 5) is 17.2. The van der Waals surface area contributed by atoms with E-state index >= 15 is 0 Å². The van der Waals surface area contributed by atoms with Crippen LogP contribution in [0.2, 0.25) is 5.15 Å². The van der Waals surface area contributed by atoms with Crippen LogP contribution in [-0.4, -0.2) is 18.1 Å². The highest BCUT2D eigenvalue weighted by Gasteiger charge is 2.06. The van der Waals surface area contributed by atoms with Crippen molar-refractivity contribution in [2.45, 2.75) is 13.0 Å². The molecular weight excluding hydrogens is 284 g/mol. The molecule has 4 nitrogen and oxygen atoms in total. The number of hydrogen-bond acceptors (Lipinski definition) is 5. The van der Waals surface area contributed by atoms with Gasteiger partial charge in [-0.15, -0.1) is 11.3 Å². The third-order valence-electron chi connectivity index (χ3n) is 2.46. The van der Waals surface area contributed by atoms with Crippen molar-refractivity contribution in [2.75, 3.05) is 12.4 Å². The van der Waals surface area contributed by atoms with Crippen LogP contribution in [0.4, 0.5) is 5.69 Å². The van der Waals surface area contributed by atoms with E-state index < -0.39 is 0 Å². The zero-order chi connectivity index (χ0) is 13.7. The largest absolute Gasteiger partial charge is 0.469 e. The number of anilines is 1. The highest BCUT2D eigenvalue weighted by Crippen LogP contribution is 2.19. The second-order valence-electron chi connectivity index (χ2n) is 3.84. The van der Waals surface area contributed by atoms with Crippen molar-refractivity contribution in [1.29, 1.82) is 0 Å². The van der Waals surface area contributed by atoms with Crippen molar-refractivity contribution in [2.24, 2.45) is 0 Å². The molecule has 6 heteroatoms. The predicted molar refractivity (Wildman–Crippen MR) is 76.6 cm³/mol. The van der Waals surface area contributed by atoms with E-state index in [2.05, 4.69) is 15.0 Å². The monoisotopic (exact) mass is 296 g/mol. The molecule has 2 aromatic rings. The van der Waals surface area contributed by atoms with Gasteiger partial charge in [0, 0.05) is 28.2 Å². The number of hydrogen-bond donors (Lipinski definition) is 1. The lowest BCUT2D eigenvalue weighted by atomic mass is 10.3. The number of halogens is 1. The first-order chi connectivity index (χ1) is 9.17. The molecule has 0 spiro atoms. The first-order valence-corrected chi connectivity index (χ1v) is 6.86. The standard InChI is InChI=1S/C13H13ClN2O2S/c1-18-13(17)7-10-2-3-11(19-10)8-16-9-4-5-15-12(14)6-9/h2-6H,7-8H2,1H3,(H,15,16). The summed E-state index contributed by atoms with van der Waals surface area (Å²) in [6, 6.07) is 7.57. The van der Waals surface area contributed by atoms with Crippen LogP contribution in [-0.2, 0) is 22.5 Å². The highest BCUT2D eigenvalue weighted by atomic mass is 35.5. The quantitative estimate of drug-likeness (QED) is 0.680. The number of rotatable bonds is 5.